The SMILES string of the molecule is CC/C=C(/C=C(/C)N(C)c1cccc(CN)c1)C(F)(F)F. The van der Waals surface area contributed by atoms with Crippen LogP contribution in [0.25, 0.3) is 0 Å². The average molecular weight is 298 g/mol. The molecular formula is C16H21F3N2. The first-order valence-corrected chi connectivity index (χ1v) is 6.78. The quantitative estimate of drug-likeness (QED) is 0.817. The second-order valence-corrected chi connectivity index (χ2v) is 4.78. The van der Waals surface area contributed by atoms with E-state index in [-0.39, 0.29) is 0 Å². The van der Waals surface area contributed by atoms with Crippen molar-refractivity contribution in [2.24, 2.45) is 5.73 Å². The van der Waals surface area contributed by atoms with Gasteiger partial charge in [0.25, 0.3) is 0 Å². The zero-order valence-corrected chi connectivity index (χ0v) is 12.5. The number of nitrogens with two attached hydrogens (primary N) is 1. The van der Waals surface area contributed by atoms with Crippen LogP contribution in [0.5, 0.6) is 0 Å². The normalized spacial score (nSPS) is 13.5. The first kappa shape index (κ1) is 17.3. The summed E-state index contributed by atoms with van der Waals surface area (Å²) in [7, 11) is 1.74. The Kier molecular flexibility index (Phi) is 6.03. The molecule has 0 amide bonds. The molecule has 0 aromatic heterocycles. The summed E-state index contributed by atoms with van der Waals surface area (Å²) in [4.78, 5) is 1.72. The second kappa shape index (κ2) is 7.31. The zero-order valence-electron chi connectivity index (χ0n) is 12.5. The van der Waals surface area contributed by atoms with Crippen molar-refractivity contribution in [1.82, 2.24) is 0 Å². The van der Waals surface area contributed by atoms with Crippen molar-refractivity contribution in [1.29, 1.82) is 0 Å². The van der Waals surface area contributed by atoms with Crippen LogP contribution in [0.2, 0.25) is 0 Å². The third-order valence-corrected chi connectivity index (χ3v) is 3.18. The molecule has 0 saturated carbocycles. The van der Waals surface area contributed by atoms with Gasteiger partial charge in [-0.2, -0.15) is 13.2 Å². The average Bonchev–Trinajstić information content (AvgIpc) is 2.45. The monoisotopic (exact) mass is 298 g/mol. The molecule has 0 saturated heterocycles. The lowest BCUT2D eigenvalue weighted by Crippen LogP contribution is -2.17. The Hall–Kier alpha value is -1.75. The summed E-state index contributed by atoms with van der Waals surface area (Å²) in [6.07, 6.45) is -1.64. The minimum absolute atomic E-state index is 0.338. The van der Waals surface area contributed by atoms with Crippen LogP contribution in [0.4, 0.5) is 18.9 Å². The molecule has 0 heterocycles. The van der Waals surface area contributed by atoms with E-state index in [2.05, 4.69) is 0 Å². The first-order valence-electron chi connectivity index (χ1n) is 6.78. The van der Waals surface area contributed by atoms with E-state index in [0.29, 0.717) is 18.7 Å². The van der Waals surface area contributed by atoms with Crippen molar-refractivity contribution < 1.29 is 13.2 Å². The predicted octanol–water partition coefficient (Wildman–Crippen LogP) is 4.38. The fourth-order valence-corrected chi connectivity index (χ4v) is 1.89. The molecule has 0 atom stereocenters. The first-order chi connectivity index (χ1) is 9.79. The van der Waals surface area contributed by atoms with Gasteiger partial charge in [0.1, 0.15) is 0 Å². The molecule has 0 spiro atoms. The van der Waals surface area contributed by atoms with Gasteiger partial charge in [-0.05, 0) is 37.1 Å². The summed E-state index contributed by atoms with van der Waals surface area (Å²) in [5.41, 5.74) is 7.22. The minimum atomic E-state index is -4.34. The Labute approximate surface area is 123 Å². The summed E-state index contributed by atoms with van der Waals surface area (Å²) < 4.78 is 38.7. The van der Waals surface area contributed by atoms with Gasteiger partial charge in [0, 0.05) is 25.0 Å². The summed E-state index contributed by atoms with van der Waals surface area (Å²) in [6, 6.07) is 7.43. The second-order valence-electron chi connectivity index (χ2n) is 4.78. The molecule has 1 rings (SSSR count). The maximum Gasteiger partial charge on any atom is 0.416 e. The number of halogens is 3. The molecule has 116 valence electrons. The third-order valence-electron chi connectivity index (χ3n) is 3.18. The Morgan fingerprint density at radius 1 is 1.33 bits per heavy atom. The summed E-state index contributed by atoms with van der Waals surface area (Å²) in [5, 5.41) is 0. The van der Waals surface area contributed by atoms with E-state index >= 15 is 0 Å². The molecule has 0 aliphatic rings. The van der Waals surface area contributed by atoms with Gasteiger partial charge in [0.05, 0.1) is 5.57 Å². The van der Waals surface area contributed by atoms with E-state index in [4.69, 9.17) is 5.73 Å². The van der Waals surface area contributed by atoms with Gasteiger partial charge < -0.3 is 10.6 Å². The molecule has 5 heteroatoms. The maximum absolute atomic E-state index is 12.9. The highest BCUT2D eigenvalue weighted by Crippen LogP contribution is 2.29. The Morgan fingerprint density at radius 3 is 2.52 bits per heavy atom. The lowest BCUT2D eigenvalue weighted by molar-refractivity contribution is -0.0885. The predicted molar refractivity (Wildman–Crippen MR) is 80.9 cm³/mol. The number of allylic oxidation sites excluding steroid dienone is 4. The highest BCUT2D eigenvalue weighted by molar-refractivity contribution is 5.53. The summed E-state index contributed by atoms with van der Waals surface area (Å²) >= 11 is 0. The number of hydrogen-bond acceptors (Lipinski definition) is 2. The fourth-order valence-electron chi connectivity index (χ4n) is 1.89. The van der Waals surface area contributed by atoms with Gasteiger partial charge in [0.2, 0.25) is 0 Å². The number of alkyl halides is 3. The van der Waals surface area contributed by atoms with Crippen molar-refractivity contribution in [3.8, 4) is 0 Å². The van der Waals surface area contributed by atoms with E-state index in [9.17, 15) is 13.2 Å². The zero-order chi connectivity index (χ0) is 16.0. The maximum atomic E-state index is 12.9. The third kappa shape index (κ3) is 4.93. The molecule has 0 unspecified atom stereocenters. The number of hydrogen-bond donors (Lipinski definition) is 1. The smallest absolute Gasteiger partial charge is 0.348 e. The van der Waals surface area contributed by atoms with Gasteiger partial charge in [-0.15, -0.1) is 0 Å². The van der Waals surface area contributed by atoms with Gasteiger partial charge in [-0.1, -0.05) is 25.1 Å². The molecule has 1 aromatic rings. The fraction of sp³-hybridized carbons (Fsp3) is 0.375. The van der Waals surface area contributed by atoms with Crippen LogP contribution in [0.1, 0.15) is 25.8 Å². The van der Waals surface area contributed by atoms with Gasteiger partial charge >= 0.3 is 6.18 Å². The molecule has 2 N–H and O–H groups in total. The van der Waals surface area contributed by atoms with Gasteiger partial charge in [0.15, 0.2) is 0 Å². The number of nitrogens with zero attached hydrogens (tertiary/aromatic N) is 1. The van der Waals surface area contributed by atoms with E-state index in [1.54, 1.807) is 25.8 Å². The largest absolute Gasteiger partial charge is 0.416 e. The molecule has 0 radical (unpaired) electrons. The Bertz CT molecular complexity index is 531. The van der Waals surface area contributed by atoms with Crippen LogP contribution >= 0.6 is 0 Å². The van der Waals surface area contributed by atoms with Crippen LogP contribution in [0.15, 0.2) is 47.7 Å². The van der Waals surface area contributed by atoms with Gasteiger partial charge in [-0.25, -0.2) is 0 Å². The lowest BCUT2D eigenvalue weighted by atomic mass is 10.1. The lowest BCUT2D eigenvalue weighted by Gasteiger charge is -2.21. The standard InChI is InChI=1S/C16H21F3N2/c1-4-6-14(16(17,18)19)9-12(2)21(3)15-8-5-7-13(10-15)11-20/h5-10H,4,11,20H2,1-3H3/b12-9-,14-6-. The molecule has 0 bridgehead atoms. The van der Waals surface area contributed by atoms with Crippen molar-refractivity contribution in [2.45, 2.75) is 33.0 Å². The van der Waals surface area contributed by atoms with Crippen LogP contribution in [-0.2, 0) is 6.54 Å². The molecular weight excluding hydrogens is 277 g/mol. The van der Waals surface area contributed by atoms with E-state index in [1.807, 2.05) is 24.3 Å². The van der Waals surface area contributed by atoms with E-state index < -0.39 is 11.7 Å². The summed E-state index contributed by atoms with van der Waals surface area (Å²) in [6.45, 7) is 3.74. The number of anilines is 1. The highest BCUT2D eigenvalue weighted by Gasteiger charge is 2.31. The van der Waals surface area contributed by atoms with Crippen LogP contribution in [0.3, 0.4) is 0 Å². The number of rotatable bonds is 5. The van der Waals surface area contributed by atoms with Crippen LogP contribution in [0, 0.1) is 0 Å². The molecule has 0 aliphatic heterocycles. The van der Waals surface area contributed by atoms with Crippen LogP contribution in [-0.4, -0.2) is 13.2 Å². The van der Waals surface area contributed by atoms with E-state index in [1.165, 1.54) is 12.2 Å². The molecule has 0 aliphatic carbocycles. The minimum Gasteiger partial charge on any atom is -0.348 e. The number of benzene rings is 1. The van der Waals surface area contributed by atoms with Gasteiger partial charge in [-0.3, -0.25) is 0 Å². The van der Waals surface area contributed by atoms with Crippen molar-refractivity contribution in [3.63, 3.8) is 0 Å². The Morgan fingerprint density at radius 2 is 2.00 bits per heavy atom. The molecule has 2 nitrogen and oxygen atoms in total. The molecule has 0 fully saturated rings. The topological polar surface area (TPSA) is 29.3 Å². The summed E-state index contributed by atoms with van der Waals surface area (Å²) in [5.74, 6) is 0. The van der Waals surface area contributed by atoms with Crippen molar-refractivity contribution in [2.75, 3.05) is 11.9 Å². The van der Waals surface area contributed by atoms with Crippen molar-refractivity contribution in [3.05, 3.63) is 53.3 Å². The molecule has 21 heavy (non-hydrogen) atoms. The van der Waals surface area contributed by atoms with E-state index in [0.717, 1.165) is 11.3 Å². The Balaban J connectivity index is 3.07. The highest BCUT2D eigenvalue weighted by atomic mass is 19.4. The van der Waals surface area contributed by atoms with Crippen molar-refractivity contribution >= 4 is 5.69 Å². The van der Waals surface area contributed by atoms with Crippen LogP contribution < -0.4 is 10.6 Å². The molecule has 1 aromatic carbocycles.